The summed E-state index contributed by atoms with van der Waals surface area (Å²) in [4.78, 5) is 11.1. The molecule has 1 N–H and O–H groups in total. The Hall–Kier alpha value is -1.64. The first kappa shape index (κ1) is 15.7. The van der Waals surface area contributed by atoms with Crippen LogP contribution >= 0.6 is 0 Å². The monoisotopic (exact) mass is 315 g/mol. The van der Waals surface area contributed by atoms with E-state index in [1.165, 1.54) is 22.5 Å². The minimum atomic E-state index is -3.66. The van der Waals surface area contributed by atoms with E-state index in [-0.39, 0.29) is 35.9 Å². The topological polar surface area (TPSA) is 93.1 Å². The fourth-order valence-electron chi connectivity index (χ4n) is 2.05. The van der Waals surface area contributed by atoms with Crippen LogP contribution in [0.4, 0.5) is 0 Å². The molecular weight excluding hydrogens is 298 g/mol. The van der Waals surface area contributed by atoms with Gasteiger partial charge in [-0.3, -0.25) is 0 Å². The van der Waals surface area contributed by atoms with Crippen molar-refractivity contribution in [2.45, 2.75) is 11.8 Å². The van der Waals surface area contributed by atoms with Gasteiger partial charge in [0.15, 0.2) is 0 Å². The highest BCUT2D eigenvalue weighted by molar-refractivity contribution is 7.89. The molecule has 0 atom stereocenters. The fraction of sp³-hybridized carbons (Fsp3) is 0.462. The lowest BCUT2D eigenvalue weighted by Crippen LogP contribution is -2.40. The summed E-state index contributed by atoms with van der Waals surface area (Å²) in [5.74, 6) is -1.10. The maximum Gasteiger partial charge on any atom is 0.339 e. The van der Waals surface area contributed by atoms with Gasteiger partial charge >= 0.3 is 5.97 Å². The zero-order chi connectivity index (χ0) is 15.5. The van der Waals surface area contributed by atoms with E-state index in [1.807, 2.05) is 0 Å². The third-order valence-corrected chi connectivity index (χ3v) is 4.99. The predicted molar refractivity (Wildman–Crippen MR) is 74.1 cm³/mol. The number of nitrogens with zero attached hydrogens (tertiary/aromatic N) is 1. The summed E-state index contributed by atoms with van der Waals surface area (Å²) in [7, 11) is -3.66. The van der Waals surface area contributed by atoms with Crippen LogP contribution in [0.2, 0.25) is 0 Å². The quantitative estimate of drug-likeness (QED) is 0.864. The number of hydrogen-bond donors (Lipinski definition) is 1. The number of carbonyl (C=O) groups is 1. The number of carboxylic acid groups (broad SMARTS) is 1. The Balaban J connectivity index is 2.39. The zero-order valence-corrected chi connectivity index (χ0v) is 12.4. The summed E-state index contributed by atoms with van der Waals surface area (Å²) in [5.41, 5.74) is -0.0576. The van der Waals surface area contributed by atoms with E-state index < -0.39 is 16.0 Å². The molecule has 0 radical (unpaired) electrons. The average molecular weight is 315 g/mol. The van der Waals surface area contributed by atoms with Crippen molar-refractivity contribution in [3.8, 4) is 5.75 Å². The van der Waals surface area contributed by atoms with Crippen LogP contribution in [-0.2, 0) is 14.8 Å². The molecule has 21 heavy (non-hydrogen) atoms. The van der Waals surface area contributed by atoms with Gasteiger partial charge in [0.2, 0.25) is 10.0 Å². The minimum Gasteiger partial charge on any atom is -0.493 e. The molecule has 7 nitrogen and oxygen atoms in total. The lowest BCUT2D eigenvalue weighted by molar-refractivity contribution is 0.0692. The zero-order valence-electron chi connectivity index (χ0n) is 11.6. The van der Waals surface area contributed by atoms with Crippen LogP contribution in [0.15, 0.2) is 23.1 Å². The van der Waals surface area contributed by atoms with Gasteiger partial charge in [-0.1, -0.05) is 0 Å². The molecule has 1 aliphatic heterocycles. The highest BCUT2D eigenvalue weighted by atomic mass is 32.2. The van der Waals surface area contributed by atoms with Crippen molar-refractivity contribution in [1.82, 2.24) is 4.31 Å². The van der Waals surface area contributed by atoms with E-state index in [9.17, 15) is 13.2 Å². The molecule has 1 fully saturated rings. The molecule has 1 aromatic rings. The van der Waals surface area contributed by atoms with Gasteiger partial charge in [-0.05, 0) is 19.1 Å². The number of benzene rings is 1. The Morgan fingerprint density at radius 3 is 2.62 bits per heavy atom. The van der Waals surface area contributed by atoms with E-state index in [0.717, 1.165) is 0 Å². The van der Waals surface area contributed by atoms with Gasteiger partial charge in [0, 0.05) is 19.2 Å². The Labute approximate surface area is 123 Å². The molecule has 8 heteroatoms. The normalized spacial score (nSPS) is 16.6. The number of hydrogen-bond acceptors (Lipinski definition) is 5. The average Bonchev–Trinajstić information content (AvgIpc) is 2.48. The highest BCUT2D eigenvalue weighted by Gasteiger charge is 2.27. The van der Waals surface area contributed by atoms with Gasteiger partial charge in [-0.15, -0.1) is 0 Å². The molecule has 1 aromatic carbocycles. The Morgan fingerprint density at radius 2 is 2.05 bits per heavy atom. The van der Waals surface area contributed by atoms with Gasteiger partial charge in [-0.2, -0.15) is 4.31 Å². The molecule has 0 aliphatic carbocycles. The summed E-state index contributed by atoms with van der Waals surface area (Å²) in [5, 5.41) is 9.08. The predicted octanol–water partition coefficient (Wildman–Crippen LogP) is 0.804. The molecule has 1 saturated heterocycles. The van der Waals surface area contributed by atoms with Gasteiger partial charge in [0.25, 0.3) is 0 Å². The van der Waals surface area contributed by atoms with Gasteiger partial charge in [0.05, 0.1) is 24.7 Å². The van der Waals surface area contributed by atoms with Crippen molar-refractivity contribution < 1.29 is 27.8 Å². The van der Waals surface area contributed by atoms with Crippen LogP contribution in [0.25, 0.3) is 0 Å². The SMILES string of the molecule is CCOc1cc(S(=O)(=O)N2CCOCC2)ccc1C(=O)O. The van der Waals surface area contributed by atoms with E-state index >= 15 is 0 Å². The Morgan fingerprint density at radius 1 is 1.38 bits per heavy atom. The maximum absolute atomic E-state index is 12.5. The van der Waals surface area contributed by atoms with Crippen molar-refractivity contribution in [1.29, 1.82) is 0 Å². The maximum atomic E-state index is 12.5. The molecule has 0 bridgehead atoms. The molecular formula is C13H17NO6S. The van der Waals surface area contributed by atoms with Crippen molar-refractivity contribution in [2.24, 2.45) is 0 Å². The van der Waals surface area contributed by atoms with E-state index in [4.69, 9.17) is 14.6 Å². The lowest BCUT2D eigenvalue weighted by atomic mass is 10.2. The summed E-state index contributed by atoms with van der Waals surface area (Å²) in [6.07, 6.45) is 0. The smallest absolute Gasteiger partial charge is 0.339 e. The minimum absolute atomic E-state index is 0.0258. The molecule has 1 heterocycles. The number of rotatable bonds is 5. The fourth-order valence-corrected chi connectivity index (χ4v) is 3.47. The molecule has 0 amide bonds. The summed E-state index contributed by atoms with van der Waals surface area (Å²) < 4.78 is 36.7. The number of aromatic carboxylic acids is 1. The van der Waals surface area contributed by atoms with Crippen LogP contribution in [0.1, 0.15) is 17.3 Å². The van der Waals surface area contributed by atoms with Gasteiger partial charge < -0.3 is 14.6 Å². The molecule has 0 spiro atoms. The van der Waals surface area contributed by atoms with E-state index in [1.54, 1.807) is 6.92 Å². The Bertz CT molecular complexity index is 622. The van der Waals surface area contributed by atoms with Crippen molar-refractivity contribution >= 4 is 16.0 Å². The van der Waals surface area contributed by atoms with Crippen LogP contribution in [0, 0.1) is 0 Å². The summed E-state index contributed by atoms with van der Waals surface area (Å²) in [6.45, 7) is 3.23. The third kappa shape index (κ3) is 3.34. The first-order chi connectivity index (χ1) is 9.96. The number of carboxylic acids is 1. The molecule has 116 valence electrons. The number of sulfonamides is 1. The number of morpholine rings is 1. The largest absolute Gasteiger partial charge is 0.493 e. The van der Waals surface area contributed by atoms with Gasteiger partial charge in [0.1, 0.15) is 11.3 Å². The van der Waals surface area contributed by atoms with Crippen LogP contribution < -0.4 is 4.74 Å². The first-order valence-corrected chi connectivity index (χ1v) is 7.99. The molecule has 1 aliphatic rings. The van der Waals surface area contributed by atoms with Crippen molar-refractivity contribution in [3.63, 3.8) is 0 Å². The highest BCUT2D eigenvalue weighted by Crippen LogP contribution is 2.26. The van der Waals surface area contributed by atoms with Gasteiger partial charge in [-0.25, -0.2) is 13.2 Å². The van der Waals surface area contributed by atoms with Crippen LogP contribution in [0.5, 0.6) is 5.75 Å². The third-order valence-electron chi connectivity index (χ3n) is 3.09. The molecule has 0 unspecified atom stereocenters. The summed E-state index contributed by atoms with van der Waals surface area (Å²) in [6, 6.07) is 3.80. The van der Waals surface area contributed by atoms with E-state index in [0.29, 0.717) is 13.2 Å². The molecule has 0 aromatic heterocycles. The summed E-state index contributed by atoms with van der Waals surface area (Å²) >= 11 is 0. The van der Waals surface area contributed by atoms with Crippen molar-refractivity contribution in [2.75, 3.05) is 32.9 Å². The lowest BCUT2D eigenvalue weighted by Gasteiger charge is -2.26. The number of ether oxygens (including phenoxy) is 2. The first-order valence-electron chi connectivity index (χ1n) is 6.55. The molecule has 2 rings (SSSR count). The standard InChI is InChI=1S/C13H17NO6S/c1-2-20-12-9-10(3-4-11(12)13(15)16)21(17,18)14-5-7-19-8-6-14/h3-4,9H,2,5-8H2,1H3,(H,15,16). The molecule has 0 saturated carbocycles. The second-order valence-electron chi connectivity index (χ2n) is 4.41. The van der Waals surface area contributed by atoms with E-state index in [2.05, 4.69) is 0 Å². The second-order valence-corrected chi connectivity index (χ2v) is 6.35. The van der Waals surface area contributed by atoms with Crippen LogP contribution in [-0.4, -0.2) is 56.7 Å². The van der Waals surface area contributed by atoms with Crippen LogP contribution in [0.3, 0.4) is 0 Å². The Kier molecular flexibility index (Phi) is 4.81. The second kappa shape index (κ2) is 6.42. The van der Waals surface area contributed by atoms with Crippen molar-refractivity contribution in [3.05, 3.63) is 23.8 Å².